The van der Waals surface area contributed by atoms with Crippen molar-refractivity contribution in [3.8, 4) is 11.8 Å². The minimum atomic E-state index is -0.219. The van der Waals surface area contributed by atoms with Gasteiger partial charge in [-0.3, -0.25) is 10.1 Å². The minimum absolute atomic E-state index is 0.112. The molecule has 1 aliphatic carbocycles. The lowest BCUT2D eigenvalue weighted by atomic mass is 9.87. The summed E-state index contributed by atoms with van der Waals surface area (Å²) in [6, 6.07) is 8.16. The quantitative estimate of drug-likeness (QED) is 0.298. The molecule has 5 nitrogen and oxygen atoms in total. The van der Waals surface area contributed by atoms with Crippen LogP contribution < -0.4 is 0 Å². The van der Waals surface area contributed by atoms with Gasteiger partial charge in [0.05, 0.1) is 17.2 Å². The van der Waals surface area contributed by atoms with Crippen molar-refractivity contribution >= 4 is 0 Å². The van der Waals surface area contributed by atoms with Crippen LogP contribution >= 0.6 is 0 Å². The molecule has 0 N–H and O–H groups in total. The number of nitro groups is 1. The van der Waals surface area contributed by atoms with Gasteiger partial charge in [-0.1, -0.05) is 41.7 Å². The molecule has 0 saturated carbocycles. The first-order valence-electron chi connectivity index (χ1n) is 9.75. The number of aromatic nitrogens is 2. The van der Waals surface area contributed by atoms with Crippen LogP contribution in [0.5, 0.6) is 0 Å². The Morgan fingerprint density at radius 3 is 2.79 bits per heavy atom. The van der Waals surface area contributed by atoms with Gasteiger partial charge in [0.1, 0.15) is 0 Å². The fourth-order valence-corrected chi connectivity index (χ4v) is 3.65. The van der Waals surface area contributed by atoms with Crippen LogP contribution in [0.4, 0.5) is 0 Å². The van der Waals surface area contributed by atoms with Gasteiger partial charge in [0.2, 0.25) is 0 Å². The monoisotopic (exact) mass is 387 g/mol. The maximum absolute atomic E-state index is 11.4. The molecule has 148 valence electrons. The summed E-state index contributed by atoms with van der Waals surface area (Å²) in [5, 5.41) is 11.4. The fourth-order valence-electron chi connectivity index (χ4n) is 3.65. The molecule has 2 aromatic rings. The van der Waals surface area contributed by atoms with Gasteiger partial charge in [0.25, 0.3) is 5.70 Å². The molecular formula is C24H25N3O2. The Hall–Kier alpha value is -3.39. The van der Waals surface area contributed by atoms with Crippen molar-refractivity contribution in [2.75, 3.05) is 0 Å². The van der Waals surface area contributed by atoms with Crippen LogP contribution in [0.1, 0.15) is 44.2 Å². The van der Waals surface area contributed by atoms with Crippen molar-refractivity contribution in [2.45, 2.75) is 39.7 Å². The first-order chi connectivity index (χ1) is 14.0. The van der Waals surface area contributed by atoms with Gasteiger partial charge in [-0.15, -0.1) is 0 Å². The molecule has 29 heavy (non-hydrogen) atoms. The van der Waals surface area contributed by atoms with Crippen LogP contribution in [0.15, 0.2) is 78.1 Å². The van der Waals surface area contributed by atoms with Crippen molar-refractivity contribution in [3.63, 3.8) is 0 Å². The highest BCUT2D eigenvalue weighted by molar-refractivity contribution is 5.38. The van der Waals surface area contributed by atoms with Crippen LogP contribution in [-0.2, 0) is 6.54 Å². The Balaban J connectivity index is 1.51. The summed E-state index contributed by atoms with van der Waals surface area (Å²) in [5.74, 6) is 6.06. The predicted octanol–water partition coefficient (Wildman–Crippen LogP) is 5.14. The Morgan fingerprint density at radius 2 is 2.10 bits per heavy atom. The lowest BCUT2D eigenvalue weighted by Crippen LogP contribution is -2.16. The fraction of sp³-hybridized carbons (Fsp3) is 0.292. The molecule has 0 amide bonds. The Morgan fingerprint density at radius 1 is 1.31 bits per heavy atom. The summed E-state index contributed by atoms with van der Waals surface area (Å²) in [5.41, 5.74) is 4.61. The number of hydrogen-bond acceptors (Lipinski definition) is 3. The van der Waals surface area contributed by atoms with Crippen LogP contribution in [0.3, 0.4) is 0 Å². The van der Waals surface area contributed by atoms with E-state index in [0.29, 0.717) is 12.1 Å². The van der Waals surface area contributed by atoms with E-state index in [-0.39, 0.29) is 10.8 Å². The second kappa shape index (κ2) is 9.70. The van der Waals surface area contributed by atoms with Crippen molar-refractivity contribution in [2.24, 2.45) is 5.92 Å². The van der Waals surface area contributed by atoms with E-state index in [0.717, 1.165) is 30.5 Å². The second-order valence-corrected chi connectivity index (χ2v) is 7.40. The predicted molar refractivity (Wildman–Crippen MR) is 115 cm³/mol. The number of hydrogen-bond donors (Lipinski definition) is 0. The van der Waals surface area contributed by atoms with Crippen LogP contribution in [0, 0.1) is 27.9 Å². The van der Waals surface area contributed by atoms with Gasteiger partial charge in [0.15, 0.2) is 0 Å². The third-order valence-electron chi connectivity index (χ3n) is 4.96. The smallest absolute Gasteiger partial charge is 0.252 e. The van der Waals surface area contributed by atoms with E-state index in [1.54, 1.807) is 12.5 Å². The van der Waals surface area contributed by atoms with Crippen molar-refractivity contribution in [1.29, 1.82) is 0 Å². The Kier molecular flexibility index (Phi) is 6.80. The maximum Gasteiger partial charge on any atom is 0.252 e. The third-order valence-corrected chi connectivity index (χ3v) is 4.96. The van der Waals surface area contributed by atoms with E-state index >= 15 is 0 Å². The highest BCUT2D eigenvalue weighted by atomic mass is 16.6. The lowest BCUT2D eigenvalue weighted by Gasteiger charge is -2.18. The third kappa shape index (κ3) is 5.79. The Labute approximate surface area is 171 Å². The normalized spacial score (nSPS) is 16.5. The van der Waals surface area contributed by atoms with Crippen molar-refractivity contribution in [3.05, 3.63) is 99.3 Å². The molecule has 0 fully saturated rings. The van der Waals surface area contributed by atoms with E-state index in [1.807, 2.05) is 55.0 Å². The van der Waals surface area contributed by atoms with Gasteiger partial charge in [0, 0.05) is 30.1 Å². The summed E-state index contributed by atoms with van der Waals surface area (Å²) < 4.78 is 2.02. The van der Waals surface area contributed by atoms with Gasteiger partial charge in [-0.25, -0.2) is 4.98 Å². The number of rotatable bonds is 6. The minimum Gasteiger partial charge on any atom is -0.333 e. The van der Waals surface area contributed by atoms with E-state index in [4.69, 9.17) is 0 Å². The van der Waals surface area contributed by atoms with E-state index in [1.165, 1.54) is 11.1 Å². The summed E-state index contributed by atoms with van der Waals surface area (Å²) >= 11 is 0. The second-order valence-electron chi connectivity index (χ2n) is 7.40. The molecule has 1 aromatic heterocycles. The largest absolute Gasteiger partial charge is 0.333 e. The first kappa shape index (κ1) is 20.3. The average molecular weight is 387 g/mol. The molecule has 3 rings (SSSR count). The van der Waals surface area contributed by atoms with Gasteiger partial charge < -0.3 is 4.57 Å². The zero-order valence-electron chi connectivity index (χ0n) is 16.8. The van der Waals surface area contributed by atoms with Gasteiger partial charge in [-0.05, 0) is 56.9 Å². The molecule has 1 atom stereocenters. The summed E-state index contributed by atoms with van der Waals surface area (Å²) in [7, 11) is 0. The van der Waals surface area contributed by atoms with Crippen LogP contribution in [0.25, 0.3) is 0 Å². The van der Waals surface area contributed by atoms with E-state index in [9.17, 15) is 10.1 Å². The van der Waals surface area contributed by atoms with Gasteiger partial charge in [-0.2, -0.15) is 0 Å². The standard InChI is InChI=1S/C24H25N3O2/c1-19-15-20(2)24(27(28)29)23(16-19)8-6-4-3-5-7-21-9-11-22(12-10-21)17-26-14-13-25-18-26/h3-4,9-14,16,18,23H,6,8,15,17H2,1-2H3/b4-3+. The first-order valence-corrected chi connectivity index (χ1v) is 9.75. The summed E-state index contributed by atoms with van der Waals surface area (Å²) in [6.45, 7) is 4.70. The zero-order chi connectivity index (χ0) is 20.6. The van der Waals surface area contributed by atoms with E-state index < -0.39 is 0 Å². The number of allylic oxidation sites excluding steroid dienone is 5. The molecule has 1 aliphatic rings. The zero-order valence-corrected chi connectivity index (χ0v) is 16.8. The molecule has 0 aliphatic heterocycles. The molecule has 5 heteroatoms. The topological polar surface area (TPSA) is 61.0 Å². The van der Waals surface area contributed by atoms with Crippen LogP contribution in [0.2, 0.25) is 0 Å². The Bertz CT molecular complexity index is 1000. The highest BCUT2D eigenvalue weighted by Crippen LogP contribution is 2.32. The highest BCUT2D eigenvalue weighted by Gasteiger charge is 2.28. The van der Waals surface area contributed by atoms with Crippen molar-refractivity contribution in [1.82, 2.24) is 9.55 Å². The molecule has 0 spiro atoms. The number of nitrogens with zero attached hydrogens (tertiary/aromatic N) is 3. The molecule has 0 radical (unpaired) electrons. The SMILES string of the molecule is CC1=CC(CC/C=C/C#Cc2ccc(Cn3ccnc3)cc2)C([N+](=O)[O-])=C(C)C1. The van der Waals surface area contributed by atoms with Gasteiger partial charge >= 0.3 is 0 Å². The molecule has 1 unspecified atom stereocenters. The molecule has 1 heterocycles. The molecular weight excluding hydrogens is 362 g/mol. The number of benzene rings is 1. The molecule has 0 bridgehead atoms. The molecule has 1 aromatic carbocycles. The van der Waals surface area contributed by atoms with Crippen molar-refractivity contribution < 1.29 is 4.92 Å². The lowest BCUT2D eigenvalue weighted by molar-refractivity contribution is -0.434. The average Bonchev–Trinajstić information content (AvgIpc) is 3.18. The maximum atomic E-state index is 11.4. The van der Waals surface area contributed by atoms with E-state index in [2.05, 4.69) is 29.0 Å². The van der Waals surface area contributed by atoms with Crippen LogP contribution in [-0.4, -0.2) is 14.5 Å². The summed E-state index contributed by atoms with van der Waals surface area (Å²) in [4.78, 5) is 15.2. The summed E-state index contributed by atoms with van der Waals surface area (Å²) in [6.07, 6.45) is 13.6. The number of imidazole rings is 1. The molecule has 0 saturated heterocycles.